The van der Waals surface area contributed by atoms with Crippen LogP contribution in [0.5, 0.6) is 0 Å². The number of epoxide rings is 1. The SMILES string of the molecule is FC(F)=C(F)C(F)(F)C(F)(Cl)C(F)(F)C1(F)OC1(F)F. The van der Waals surface area contributed by atoms with Crippen LogP contribution >= 0.6 is 11.6 Å². The van der Waals surface area contributed by atoms with Gasteiger partial charge in [0.15, 0.2) is 0 Å². The predicted molar refractivity (Wildman–Crippen MR) is 39.8 cm³/mol. The van der Waals surface area contributed by atoms with Gasteiger partial charge in [0.25, 0.3) is 0 Å². The van der Waals surface area contributed by atoms with E-state index in [0.717, 1.165) is 0 Å². The number of hydrogen-bond acceptors (Lipinski definition) is 1. The average molecular weight is 345 g/mol. The Labute approximate surface area is 106 Å². The van der Waals surface area contributed by atoms with Crippen LogP contribution in [0.25, 0.3) is 0 Å². The number of halogens is 12. The van der Waals surface area contributed by atoms with Gasteiger partial charge in [0.05, 0.1) is 0 Å². The van der Waals surface area contributed by atoms with Crippen molar-refractivity contribution in [1.82, 2.24) is 0 Å². The summed E-state index contributed by atoms with van der Waals surface area (Å²) in [5, 5.41) is -6.29. The zero-order chi connectivity index (χ0) is 16.4. The summed E-state index contributed by atoms with van der Waals surface area (Å²) >= 11 is 3.88. The first kappa shape index (κ1) is 17.3. The second-order valence-electron chi connectivity index (χ2n) is 3.51. The van der Waals surface area contributed by atoms with Crippen molar-refractivity contribution < 1.29 is 53.0 Å². The van der Waals surface area contributed by atoms with Crippen molar-refractivity contribution in [3.63, 3.8) is 0 Å². The van der Waals surface area contributed by atoms with E-state index in [0.29, 0.717) is 0 Å². The van der Waals surface area contributed by atoms with E-state index in [1.165, 1.54) is 0 Å². The third-order valence-corrected chi connectivity index (χ3v) is 2.71. The van der Waals surface area contributed by atoms with Crippen LogP contribution in [0.3, 0.4) is 0 Å². The fourth-order valence-corrected chi connectivity index (χ4v) is 1.26. The van der Waals surface area contributed by atoms with Crippen LogP contribution in [0.15, 0.2) is 11.9 Å². The van der Waals surface area contributed by atoms with Gasteiger partial charge < -0.3 is 0 Å². The first-order chi connectivity index (χ1) is 8.56. The van der Waals surface area contributed by atoms with Gasteiger partial charge in [0.1, 0.15) is 0 Å². The van der Waals surface area contributed by atoms with Crippen molar-refractivity contribution in [3.05, 3.63) is 11.9 Å². The fourth-order valence-electron chi connectivity index (χ4n) is 1.05. The number of hydrogen-bond donors (Lipinski definition) is 0. The van der Waals surface area contributed by atoms with E-state index in [2.05, 4.69) is 16.3 Å². The summed E-state index contributed by atoms with van der Waals surface area (Å²) in [5.74, 6) is -22.8. The lowest BCUT2D eigenvalue weighted by atomic mass is 10.0. The molecule has 2 unspecified atom stereocenters. The minimum absolute atomic E-state index is 2.44. The topological polar surface area (TPSA) is 12.5 Å². The maximum atomic E-state index is 13.1. The lowest BCUT2D eigenvalue weighted by Crippen LogP contribution is -2.60. The molecular weight excluding hydrogens is 345 g/mol. The van der Waals surface area contributed by atoms with Gasteiger partial charge in [-0.25, -0.2) is 4.39 Å². The molecule has 0 amide bonds. The Hall–Kier alpha value is -0.780. The molecule has 1 heterocycles. The van der Waals surface area contributed by atoms with Crippen LogP contribution in [0.1, 0.15) is 0 Å². The summed E-state index contributed by atoms with van der Waals surface area (Å²) in [6.07, 6.45) is -9.36. The second kappa shape index (κ2) is 4.12. The molecule has 20 heavy (non-hydrogen) atoms. The Morgan fingerprint density at radius 2 is 1.25 bits per heavy atom. The molecule has 0 aromatic heterocycles. The molecule has 118 valence electrons. The highest BCUT2D eigenvalue weighted by molar-refractivity contribution is 6.24. The van der Waals surface area contributed by atoms with Gasteiger partial charge in [-0.1, -0.05) is 11.6 Å². The van der Waals surface area contributed by atoms with Crippen molar-refractivity contribution in [2.75, 3.05) is 0 Å². The summed E-state index contributed by atoms with van der Waals surface area (Å²) in [6, 6.07) is 0. The molecule has 0 aliphatic carbocycles. The number of allylic oxidation sites excluding steroid dienone is 1. The first-order valence-corrected chi connectivity index (χ1v) is 4.55. The molecule has 0 bridgehead atoms. The van der Waals surface area contributed by atoms with E-state index >= 15 is 0 Å². The first-order valence-electron chi connectivity index (χ1n) is 4.18. The Kier molecular flexibility index (Phi) is 3.56. The molecular formula is C7ClF11O. The highest BCUT2D eigenvalue weighted by Crippen LogP contribution is 2.67. The van der Waals surface area contributed by atoms with Crippen molar-refractivity contribution in [2.45, 2.75) is 28.9 Å². The molecule has 0 N–H and O–H groups in total. The van der Waals surface area contributed by atoms with Crippen molar-refractivity contribution >= 4 is 11.6 Å². The highest BCUT2D eigenvalue weighted by Gasteiger charge is 2.96. The predicted octanol–water partition coefficient (Wildman–Crippen LogP) is 4.53. The molecule has 1 rings (SSSR count). The van der Waals surface area contributed by atoms with Crippen molar-refractivity contribution in [3.8, 4) is 0 Å². The van der Waals surface area contributed by atoms with E-state index in [-0.39, 0.29) is 0 Å². The smallest absolute Gasteiger partial charge is 0.265 e. The molecule has 2 atom stereocenters. The molecule has 1 aliphatic rings. The second-order valence-corrected chi connectivity index (χ2v) is 4.03. The van der Waals surface area contributed by atoms with Crippen LogP contribution in [-0.2, 0) is 4.74 Å². The maximum Gasteiger partial charge on any atom is 0.424 e. The van der Waals surface area contributed by atoms with E-state index in [9.17, 15) is 48.3 Å². The monoisotopic (exact) mass is 344 g/mol. The molecule has 0 spiro atoms. The van der Waals surface area contributed by atoms with Crippen LogP contribution in [0, 0.1) is 0 Å². The largest absolute Gasteiger partial charge is 0.424 e. The molecule has 0 saturated carbocycles. The summed E-state index contributed by atoms with van der Waals surface area (Å²) in [5.41, 5.74) is 0. The zero-order valence-electron chi connectivity index (χ0n) is 8.44. The van der Waals surface area contributed by atoms with Gasteiger partial charge in [0.2, 0.25) is 5.83 Å². The van der Waals surface area contributed by atoms with Gasteiger partial charge in [0, 0.05) is 0 Å². The summed E-state index contributed by atoms with van der Waals surface area (Å²) in [7, 11) is 0. The molecule has 0 aromatic carbocycles. The van der Waals surface area contributed by atoms with Crippen LogP contribution in [-0.4, -0.2) is 28.9 Å². The molecule has 0 aromatic rings. The van der Waals surface area contributed by atoms with Gasteiger partial charge >= 0.3 is 35.0 Å². The summed E-state index contributed by atoms with van der Waals surface area (Å²) < 4.78 is 140. The van der Waals surface area contributed by atoms with Crippen LogP contribution in [0.4, 0.5) is 48.3 Å². The molecule has 1 fully saturated rings. The quantitative estimate of drug-likeness (QED) is 0.415. The summed E-state index contributed by atoms with van der Waals surface area (Å²) in [6.45, 7) is 0. The van der Waals surface area contributed by atoms with E-state index in [1.54, 1.807) is 0 Å². The van der Waals surface area contributed by atoms with E-state index in [4.69, 9.17) is 0 Å². The van der Waals surface area contributed by atoms with E-state index in [1.807, 2.05) is 0 Å². The molecule has 1 aliphatic heterocycles. The lowest BCUT2D eigenvalue weighted by Gasteiger charge is -2.33. The third-order valence-electron chi connectivity index (χ3n) is 2.24. The van der Waals surface area contributed by atoms with Crippen LogP contribution < -0.4 is 0 Å². The number of ether oxygens (including phenoxy) is 1. The molecule has 0 radical (unpaired) electrons. The fraction of sp³-hybridized carbons (Fsp3) is 0.714. The zero-order valence-corrected chi connectivity index (χ0v) is 9.20. The minimum atomic E-state index is -6.57. The van der Waals surface area contributed by atoms with Gasteiger partial charge in [-0.15, -0.1) is 0 Å². The maximum absolute atomic E-state index is 13.1. The van der Waals surface area contributed by atoms with Crippen molar-refractivity contribution in [2.24, 2.45) is 0 Å². The lowest BCUT2D eigenvalue weighted by molar-refractivity contribution is -0.253. The number of rotatable bonds is 4. The van der Waals surface area contributed by atoms with Gasteiger partial charge in [-0.3, -0.25) is 4.74 Å². The standard InChI is InChI=1S/C7ClF11O/c8-4(14,3(12,13)1(9)2(10)11)5(15,16)6(17)7(18,19)20-6. The molecule has 1 nitrogen and oxygen atoms in total. The Morgan fingerprint density at radius 3 is 1.50 bits per heavy atom. The summed E-state index contributed by atoms with van der Waals surface area (Å²) in [4.78, 5) is 0. The molecule has 1 saturated heterocycles. The Balaban J connectivity index is 3.34. The van der Waals surface area contributed by atoms with Crippen molar-refractivity contribution in [1.29, 1.82) is 0 Å². The third kappa shape index (κ3) is 1.87. The van der Waals surface area contributed by atoms with E-state index < -0.39 is 40.8 Å². The van der Waals surface area contributed by atoms with Gasteiger partial charge in [-0.05, 0) is 0 Å². The number of alkyl halides is 9. The average Bonchev–Trinajstić information content (AvgIpc) is 2.78. The molecule has 13 heteroatoms. The van der Waals surface area contributed by atoms with Gasteiger partial charge in [-0.2, -0.15) is 43.9 Å². The normalized spacial score (nSPS) is 28.8. The Bertz CT molecular complexity index is 454. The van der Waals surface area contributed by atoms with Crippen LogP contribution in [0.2, 0.25) is 0 Å². The highest BCUT2D eigenvalue weighted by atomic mass is 35.5. The Morgan fingerprint density at radius 1 is 0.900 bits per heavy atom. The minimum Gasteiger partial charge on any atom is -0.265 e.